The first kappa shape index (κ1) is 14.6. The Kier molecular flexibility index (Phi) is 5.45. The number of halogens is 2. The van der Waals surface area contributed by atoms with E-state index in [-0.39, 0.29) is 18.6 Å². The molecular formula is C13H16Cl2N2O2. The van der Waals surface area contributed by atoms with E-state index in [9.17, 15) is 4.79 Å². The van der Waals surface area contributed by atoms with Gasteiger partial charge in [0.15, 0.2) is 0 Å². The van der Waals surface area contributed by atoms with Gasteiger partial charge in [0.05, 0.1) is 16.8 Å². The Bertz CT molecular complexity index is 448. The molecule has 0 spiro atoms. The van der Waals surface area contributed by atoms with Gasteiger partial charge in [0.25, 0.3) is 0 Å². The van der Waals surface area contributed by atoms with Gasteiger partial charge in [-0.25, -0.2) is 0 Å². The van der Waals surface area contributed by atoms with E-state index in [1.807, 2.05) is 0 Å². The van der Waals surface area contributed by atoms with Gasteiger partial charge >= 0.3 is 0 Å². The van der Waals surface area contributed by atoms with Crippen molar-refractivity contribution in [2.24, 2.45) is 0 Å². The number of piperidine rings is 1. The summed E-state index contributed by atoms with van der Waals surface area (Å²) >= 11 is 11.8. The van der Waals surface area contributed by atoms with Crippen LogP contribution in [-0.4, -0.2) is 31.7 Å². The first-order valence-corrected chi connectivity index (χ1v) is 6.98. The zero-order valence-electron chi connectivity index (χ0n) is 10.4. The summed E-state index contributed by atoms with van der Waals surface area (Å²) in [5.41, 5.74) is 0.546. The fourth-order valence-electron chi connectivity index (χ4n) is 1.93. The lowest BCUT2D eigenvalue weighted by Crippen LogP contribution is -2.34. The predicted octanol–water partition coefficient (Wildman–Crippen LogP) is 2.70. The van der Waals surface area contributed by atoms with Gasteiger partial charge in [-0.2, -0.15) is 0 Å². The quantitative estimate of drug-likeness (QED) is 0.899. The monoisotopic (exact) mass is 302 g/mol. The minimum absolute atomic E-state index is 0.0453. The number of nitrogens with one attached hydrogen (secondary N) is 2. The van der Waals surface area contributed by atoms with Crippen LogP contribution in [0.1, 0.15) is 12.8 Å². The molecule has 1 amide bonds. The van der Waals surface area contributed by atoms with Gasteiger partial charge in [0, 0.05) is 5.02 Å². The number of benzene rings is 1. The Morgan fingerprint density at radius 2 is 2.11 bits per heavy atom. The number of amides is 1. The largest absolute Gasteiger partial charge is 0.368 e. The number of anilines is 1. The maximum absolute atomic E-state index is 11.7. The molecule has 0 bridgehead atoms. The van der Waals surface area contributed by atoms with E-state index in [1.165, 1.54) is 0 Å². The third-order valence-corrected chi connectivity index (χ3v) is 3.49. The first-order valence-electron chi connectivity index (χ1n) is 6.22. The van der Waals surface area contributed by atoms with Gasteiger partial charge in [-0.15, -0.1) is 0 Å². The molecule has 1 aromatic carbocycles. The van der Waals surface area contributed by atoms with Crippen molar-refractivity contribution in [3.63, 3.8) is 0 Å². The average molecular weight is 303 g/mol. The average Bonchev–Trinajstić information content (AvgIpc) is 2.41. The number of hydrogen-bond donors (Lipinski definition) is 2. The number of ether oxygens (including phenoxy) is 1. The molecule has 1 fully saturated rings. The third kappa shape index (κ3) is 4.66. The van der Waals surface area contributed by atoms with Crippen LogP contribution in [0.4, 0.5) is 5.69 Å². The highest BCUT2D eigenvalue weighted by molar-refractivity contribution is 6.36. The van der Waals surface area contributed by atoms with E-state index >= 15 is 0 Å². The Labute approximate surface area is 122 Å². The van der Waals surface area contributed by atoms with Crippen molar-refractivity contribution in [2.75, 3.05) is 25.0 Å². The molecule has 0 aliphatic carbocycles. The molecule has 1 saturated heterocycles. The van der Waals surface area contributed by atoms with Crippen molar-refractivity contribution in [3.8, 4) is 0 Å². The van der Waals surface area contributed by atoms with E-state index in [1.54, 1.807) is 18.2 Å². The van der Waals surface area contributed by atoms with Crippen LogP contribution in [0.15, 0.2) is 18.2 Å². The van der Waals surface area contributed by atoms with Gasteiger partial charge in [-0.3, -0.25) is 4.79 Å². The fraction of sp³-hybridized carbons (Fsp3) is 0.462. The number of carbonyl (C=O) groups is 1. The summed E-state index contributed by atoms with van der Waals surface area (Å²) in [6.45, 7) is 1.92. The standard InChI is InChI=1S/C13H16Cl2N2O2/c14-9-1-2-12(11(15)7-9)17-13(18)8-19-10-3-5-16-6-4-10/h1-2,7,10,16H,3-6,8H2,(H,17,18). The van der Waals surface area contributed by atoms with Crippen molar-refractivity contribution in [3.05, 3.63) is 28.2 Å². The van der Waals surface area contributed by atoms with Crippen LogP contribution in [0, 0.1) is 0 Å². The molecule has 19 heavy (non-hydrogen) atoms. The molecule has 0 saturated carbocycles. The molecule has 0 aromatic heterocycles. The Morgan fingerprint density at radius 3 is 2.79 bits per heavy atom. The van der Waals surface area contributed by atoms with Crippen LogP contribution < -0.4 is 10.6 Å². The molecule has 2 rings (SSSR count). The highest BCUT2D eigenvalue weighted by atomic mass is 35.5. The first-order chi connectivity index (χ1) is 9.15. The Morgan fingerprint density at radius 1 is 1.37 bits per heavy atom. The predicted molar refractivity (Wildman–Crippen MR) is 76.9 cm³/mol. The van der Waals surface area contributed by atoms with E-state index in [0.29, 0.717) is 15.7 Å². The lowest BCUT2D eigenvalue weighted by Gasteiger charge is -2.22. The number of rotatable bonds is 4. The van der Waals surface area contributed by atoms with Crippen molar-refractivity contribution in [1.82, 2.24) is 5.32 Å². The smallest absolute Gasteiger partial charge is 0.250 e. The SMILES string of the molecule is O=C(COC1CCNCC1)Nc1ccc(Cl)cc1Cl. The van der Waals surface area contributed by atoms with Crippen LogP contribution in [0.2, 0.25) is 10.0 Å². The minimum Gasteiger partial charge on any atom is -0.368 e. The van der Waals surface area contributed by atoms with Crippen molar-refractivity contribution >= 4 is 34.8 Å². The summed E-state index contributed by atoms with van der Waals surface area (Å²) in [4.78, 5) is 11.7. The molecule has 0 radical (unpaired) electrons. The second-order valence-electron chi connectivity index (χ2n) is 4.43. The van der Waals surface area contributed by atoms with Crippen molar-refractivity contribution in [1.29, 1.82) is 0 Å². The summed E-state index contributed by atoms with van der Waals surface area (Å²) in [7, 11) is 0. The maximum Gasteiger partial charge on any atom is 0.250 e. The third-order valence-electron chi connectivity index (χ3n) is 2.94. The molecule has 1 aliphatic heterocycles. The summed E-state index contributed by atoms with van der Waals surface area (Å²) in [5.74, 6) is -0.206. The van der Waals surface area contributed by atoms with Crippen LogP contribution in [0.3, 0.4) is 0 Å². The van der Waals surface area contributed by atoms with E-state index in [4.69, 9.17) is 27.9 Å². The molecule has 4 nitrogen and oxygen atoms in total. The number of carbonyl (C=O) groups excluding carboxylic acids is 1. The van der Waals surface area contributed by atoms with Gasteiger partial charge in [0.1, 0.15) is 6.61 Å². The number of hydrogen-bond acceptors (Lipinski definition) is 3. The van der Waals surface area contributed by atoms with Crippen LogP contribution in [-0.2, 0) is 9.53 Å². The fourth-order valence-corrected chi connectivity index (χ4v) is 2.39. The summed E-state index contributed by atoms with van der Waals surface area (Å²) in [5, 5.41) is 6.91. The van der Waals surface area contributed by atoms with Gasteiger partial charge in [-0.1, -0.05) is 23.2 Å². The summed E-state index contributed by atoms with van der Waals surface area (Å²) < 4.78 is 5.56. The van der Waals surface area contributed by atoms with Crippen LogP contribution in [0.25, 0.3) is 0 Å². The molecule has 1 heterocycles. The second kappa shape index (κ2) is 7.10. The lowest BCUT2D eigenvalue weighted by molar-refractivity contribution is -0.123. The maximum atomic E-state index is 11.7. The molecule has 0 unspecified atom stereocenters. The molecule has 6 heteroatoms. The van der Waals surface area contributed by atoms with Gasteiger partial charge in [0.2, 0.25) is 5.91 Å². The molecule has 1 aliphatic rings. The normalized spacial score (nSPS) is 16.3. The second-order valence-corrected chi connectivity index (χ2v) is 5.28. The molecule has 1 aromatic rings. The minimum atomic E-state index is -0.206. The van der Waals surface area contributed by atoms with Gasteiger partial charge < -0.3 is 15.4 Å². The topological polar surface area (TPSA) is 50.4 Å². The highest BCUT2D eigenvalue weighted by Gasteiger charge is 2.15. The molecule has 0 atom stereocenters. The van der Waals surface area contributed by atoms with E-state index in [0.717, 1.165) is 25.9 Å². The van der Waals surface area contributed by atoms with E-state index in [2.05, 4.69) is 10.6 Å². The molecule has 2 N–H and O–H groups in total. The van der Waals surface area contributed by atoms with Crippen molar-refractivity contribution in [2.45, 2.75) is 18.9 Å². The van der Waals surface area contributed by atoms with Gasteiger partial charge in [-0.05, 0) is 44.1 Å². The molecule has 104 valence electrons. The summed E-state index contributed by atoms with van der Waals surface area (Å²) in [6.07, 6.45) is 2.04. The van der Waals surface area contributed by atoms with Crippen LogP contribution in [0.5, 0.6) is 0 Å². The highest BCUT2D eigenvalue weighted by Crippen LogP contribution is 2.25. The zero-order chi connectivity index (χ0) is 13.7. The Balaban J connectivity index is 1.80. The van der Waals surface area contributed by atoms with Crippen LogP contribution >= 0.6 is 23.2 Å². The molecular weight excluding hydrogens is 287 g/mol. The lowest BCUT2D eigenvalue weighted by atomic mass is 10.1. The van der Waals surface area contributed by atoms with E-state index < -0.39 is 0 Å². The Hall–Kier alpha value is -0.810. The summed E-state index contributed by atoms with van der Waals surface area (Å²) in [6, 6.07) is 4.94. The zero-order valence-corrected chi connectivity index (χ0v) is 11.9. The van der Waals surface area contributed by atoms with Crippen molar-refractivity contribution < 1.29 is 9.53 Å².